The molecule has 1 aromatic carbocycles. The van der Waals surface area contributed by atoms with Gasteiger partial charge in [-0.3, -0.25) is 9.59 Å². The van der Waals surface area contributed by atoms with E-state index in [1.807, 2.05) is 17.0 Å². The van der Waals surface area contributed by atoms with E-state index in [9.17, 15) is 9.59 Å². The summed E-state index contributed by atoms with van der Waals surface area (Å²) in [7, 11) is 4.66. The minimum Gasteiger partial charge on any atom is -0.493 e. The lowest BCUT2D eigenvalue weighted by atomic mass is 9.78. The fourth-order valence-corrected chi connectivity index (χ4v) is 4.76. The highest BCUT2D eigenvalue weighted by Crippen LogP contribution is 2.38. The molecule has 2 fully saturated rings. The van der Waals surface area contributed by atoms with Crippen LogP contribution in [0.25, 0.3) is 0 Å². The van der Waals surface area contributed by atoms with E-state index in [2.05, 4.69) is 0 Å². The van der Waals surface area contributed by atoms with Crippen LogP contribution in [0.5, 0.6) is 17.2 Å². The summed E-state index contributed by atoms with van der Waals surface area (Å²) >= 11 is 0. The van der Waals surface area contributed by atoms with Crippen molar-refractivity contribution in [2.24, 2.45) is 5.92 Å². The highest BCUT2D eigenvalue weighted by molar-refractivity contribution is 5.81. The third-order valence-corrected chi connectivity index (χ3v) is 6.26. The van der Waals surface area contributed by atoms with Crippen molar-refractivity contribution >= 4 is 11.9 Å². The molecule has 7 heteroatoms. The largest absolute Gasteiger partial charge is 0.493 e. The van der Waals surface area contributed by atoms with E-state index in [-0.39, 0.29) is 24.9 Å². The van der Waals surface area contributed by atoms with Crippen LogP contribution in [0.15, 0.2) is 12.1 Å². The smallest absolute Gasteiger partial charge is 0.306 e. The number of carbonyl (C=O) groups excluding carboxylic acids is 2. The van der Waals surface area contributed by atoms with Crippen LogP contribution in [0.3, 0.4) is 0 Å². The van der Waals surface area contributed by atoms with Gasteiger partial charge < -0.3 is 23.8 Å². The molecule has 166 valence electrons. The highest BCUT2D eigenvalue weighted by Gasteiger charge is 2.35. The fourth-order valence-electron chi connectivity index (χ4n) is 4.76. The summed E-state index contributed by atoms with van der Waals surface area (Å²) in [5.41, 5.74) is 0.869. The quantitative estimate of drug-likeness (QED) is 0.602. The van der Waals surface area contributed by atoms with Crippen molar-refractivity contribution in [3.8, 4) is 17.2 Å². The number of ether oxygens (including phenoxy) is 4. The lowest BCUT2D eigenvalue weighted by Crippen LogP contribution is -2.50. The zero-order valence-corrected chi connectivity index (χ0v) is 18.3. The molecule has 1 aliphatic carbocycles. The van der Waals surface area contributed by atoms with Gasteiger partial charge in [-0.25, -0.2) is 0 Å². The van der Waals surface area contributed by atoms with Crippen molar-refractivity contribution in [3.63, 3.8) is 0 Å². The van der Waals surface area contributed by atoms with E-state index in [1.54, 1.807) is 21.3 Å². The van der Waals surface area contributed by atoms with Gasteiger partial charge >= 0.3 is 5.97 Å². The van der Waals surface area contributed by atoms with Crippen LogP contribution in [0.2, 0.25) is 0 Å². The van der Waals surface area contributed by atoms with Gasteiger partial charge in [0.15, 0.2) is 18.1 Å². The normalized spacial score (nSPS) is 20.8. The second-order valence-corrected chi connectivity index (χ2v) is 8.04. The van der Waals surface area contributed by atoms with Crippen molar-refractivity contribution in [2.45, 2.75) is 57.4 Å². The zero-order chi connectivity index (χ0) is 21.5. The Balaban J connectivity index is 1.51. The molecule has 7 nitrogen and oxygen atoms in total. The van der Waals surface area contributed by atoms with Gasteiger partial charge in [0.25, 0.3) is 5.91 Å². The molecule has 1 aromatic rings. The summed E-state index contributed by atoms with van der Waals surface area (Å²) in [5.74, 6) is 1.78. The molecule has 0 radical (unpaired) electrons. The maximum atomic E-state index is 12.7. The van der Waals surface area contributed by atoms with Crippen molar-refractivity contribution in [1.29, 1.82) is 0 Å². The van der Waals surface area contributed by atoms with Crippen LogP contribution in [-0.2, 0) is 20.7 Å². The standard InChI is InChI=1S/C23H33NO6/c1-27-19-13-16(14-20(28-2)23(19)29-3)10-11-22(26)30-15-21(25)24-12-6-8-17-7-4-5-9-18(17)24/h13-14,17-18H,4-12,15H2,1-3H3/t17-,18+/m0/s1. The summed E-state index contributed by atoms with van der Waals surface area (Å²) in [6, 6.07) is 3.96. The average Bonchev–Trinajstić information content (AvgIpc) is 2.79. The molecule has 1 heterocycles. The number of nitrogens with zero attached hydrogens (tertiary/aromatic N) is 1. The molecule has 0 bridgehead atoms. The molecule has 1 amide bonds. The molecule has 2 aliphatic rings. The topological polar surface area (TPSA) is 74.3 Å². The van der Waals surface area contributed by atoms with Crippen molar-refractivity contribution in [1.82, 2.24) is 4.90 Å². The van der Waals surface area contributed by atoms with Gasteiger partial charge in [-0.05, 0) is 55.7 Å². The first-order chi connectivity index (χ1) is 14.6. The van der Waals surface area contributed by atoms with Gasteiger partial charge in [0.05, 0.1) is 21.3 Å². The lowest BCUT2D eigenvalue weighted by Gasteiger charge is -2.44. The Morgan fingerprint density at radius 2 is 1.63 bits per heavy atom. The van der Waals surface area contributed by atoms with Crippen LogP contribution in [0.4, 0.5) is 0 Å². The van der Waals surface area contributed by atoms with Crippen LogP contribution in [0.1, 0.15) is 50.5 Å². The van der Waals surface area contributed by atoms with Gasteiger partial charge in [0.2, 0.25) is 5.75 Å². The molecule has 0 aromatic heterocycles. The second-order valence-electron chi connectivity index (χ2n) is 8.04. The zero-order valence-electron chi connectivity index (χ0n) is 18.3. The van der Waals surface area contributed by atoms with Gasteiger partial charge in [0, 0.05) is 19.0 Å². The van der Waals surface area contributed by atoms with Crippen LogP contribution in [0, 0.1) is 5.92 Å². The number of hydrogen-bond acceptors (Lipinski definition) is 6. The number of likely N-dealkylation sites (tertiary alicyclic amines) is 1. The van der Waals surface area contributed by atoms with Crippen LogP contribution >= 0.6 is 0 Å². The molecule has 0 N–H and O–H groups in total. The van der Waals surface area contributed by atoms with E-state index in [4.69, 9.17) is 18.9 Å². The number of fused-ring (bicyclic) bond motifs is 1. The Kier molecular flexibility index (Phi) is 7.82. The van der Waals surface area contributed by atoms with Gasteiger partial charge in [-0.2, -0.15) is 0 Å². The van der Waals surface area contributed by atoms with Gasteiger partial charge in [-0.1, -0.05) is 12.8 Å². The average molecular weight is 420 g/mol. The molecule has 0 spiro atoms. The molecule has 0 unspecified atom stereocenters. The molecule has 3 rings (SSSR count). The second kappa shape index (κ2) is 10.5. The summed E-state index contributed by atoms with van der Waals surface area (Å²) in [6.07, 6.45) is 7.62. The molecular weight excluding hydrogens is 386 g/mol. The third-order valence-electron chi connectivity index (χ3n) is 6.26. The first-order valence-electron chi connectivity index (χ1n) is 10.8. The van der Waals surface area contributed by atoms with Crippen LogP contribution in [-0.4, -0.2) is 57.3 Å². The molecule has 1 saturated heterocycles. The van der Waals surface area contributed by atoms with Crippen molar-refractivity contribution in [3.05, 3.63) is 17.7 Å². The van der Waals surface area contributed by atoms with Gasteiger partial charge in [-0.15, -0.1) is 0 Å². The third kappa shape index (κ3) is 5.18. The first-order valence-corrected chi connectivity index (χ1v) is 10.8. The van der Waals surface area contributed by atoms with Crippen molar-refractivity contribution in [2.75, 3.05) is 34.5 Å². The van der Waals surface area contributed by atoms with Gasteiger partial charge in [0.1, 0.15) is 0 Å². The molecule has 1 saturated carbocycles. The first kappa shape index (κ1) is 22.2. The van der Waals surface area contributed by atoms with E-state index < -0.39 is 0 Å². The number of piperidine rings is 1. The lowest BCUT2D eigenvalue weighted by molar-refractivity contribution is -0.154. The van der Waals surface area contributed by atoms with E-state index in [0.29, 0.717) is 35.6 Å². The summed E-state index contributed by atoms with van der Waals surface area (Å²) in [4.78, 5) is 26.9. The number of esters is 1. The Bertz CT molecular complexity index is 722. The number of benzene rings is 1. The molecule has 2 atom stereocenters. The molecular formula is C23H33NO6. The fraction of sp³-hybridized carbons (Fsp3) is 0.652. The summed E-state index contributed by atoms with van der Waals surface area (Å²) in [5, 5.41) is 0. The molecule has 30 heavy (non-hydrogen) atoms. The monoisotopic (exact) mass is 419 g/mol. The van der Waals surface area contributed by atoms with E-state index in [1.165, 1.54) is 25.7 Å². The summed E-state index contributed by atoms with van der Waals surface area (Å²) in [6.45, 7) is 0.611. The van der Waals surface area contributed by atoms with Crippen LogP contribution < -0.4 is 14.2 Å². The van der Waals surface area contributed by atoms with Crippen molar-refractivity contribution < 1.29 is 28.5 Å². The number of aryl methyl sites for hydroxylation is 1. The molecule has 1 aliphatic heterocycles. The van der Waals surface area contributed by atoms with E-state index >= 15 is 0 Å². The Morgan fingerprint density at radius 1 is 0.967 bits per heavy atom. The number of amides is 1. The summed E-state index contributed by atoms with van der Waals surface area (Å²) < 4.78 is 21.3. The minimum atomic E-state index is -0.380. The number of hydrogen-bond donors (Lipinski definition) is 0. The highest BCUT2D eigenvalue weighted by atomic mass is 16.5. The maximum absolute atomic E-state index is 12.7. The predicted molar refractivity (Wildman–Crippen MR) is 112 cm³/mol. The Hall–Kier alpha value is -2.44. The van der Waals surface area contributed by atoms with E-state index in [0.717, 1.165) is 24.9 Å². The predicted octanol–water partition coefficient (Wildman–Crippen LogP) is 3.37. The number of carbonyl (C=O) groups is 2. The Morgan fingerprint density at radius 3 is 2.30 bits per heavy atom. The number of methoxy groups -OCH3 is 3. The number of rotatable bonds is 8. The minimum absolute atomic E-state index is 0.0623. The SMILES string of the molecule is COc1cc(CCC(=O)OCC(=O)N2CCC[C@@H]3CCCC[C@H]32)cc(OC)c1OC. The Labute approximate surface area is 178 Å². The maximum Gasteiger partial charge on any atom is 0.306 e.